The first-order valence-electron chi connectivity index (χ1n) is 10.4. The van der Waals surface area contributed by atoms with E-state index in [1.165, 1.54) is 6.92 Å². The minimum Gasteiger partial charge on any atom is -0.480 e. The molecule has 16 nitrogen and oxygen atoms in total. The molecule has 4 amide bonds. The monoisotopic (exact) mass is 522 g/mol. The average Bonchev–Trinajstić information content (AvgIpc) is 2.73. The maximum atomic E-state index is 12.3. The van der Waals surface area contributed by atoms with E-state index in [0.717, 1.165) is 11.8 Å². The highest BCUT2D eigenvalue weighted by Crippen LogP contribution is 2.07. The lowest BCUT2D eigenvalue weighted by Gasteiger charge is -2.26. The standard InChI is InChI=1S/C18H34N8O8S/c1-18(21,22)4-10(15(31)24-8-19)25-13(28)7-35-6-11(16(32)23-5-14(29)30)26-12(27)3-2-9(20)17(33)34/h9-11H,2-8,19-22H2,1H3,(H,23,32)(H,24,31)(H,25,28)(H,26,27)(H,29,30)(H,33,34). The molecule has 35 heavy (non-hydrogen) atoms. The van der Waals surface area contributed by atoms with Gasteiger partial charge in [-0.3, -0.25) is 28.8 Å². The van der Waals surface area contributed by atoms with Gasteiger partial charge >= 0.3 is 11.9 Å². The Morgan fingerprint density at radius 2 is 1.51 bits per heavy atom. The smallest absolute Gasteiger partial charge is 0.322 e. The quantitative estimate of drug-likeness (QED) is 0.0802. The van der Waals surface area contributed by atoms with Crippen molar-refractivity contribution in [2.24, 2.45) is 22.9 Å². The molecule has 200 valence electrons. The summed E-state index contributed by atoms with van der Waals surface area (Å²) in [4.78, 5) is 70.3. The summed E-state index contributed by atoms with van der Waals surface area (Å²) >= 11 is 0.916. The van der Waals surface area contributed by atoms with E-state index in [0.29, 0.717) is 0 Å². The van der Waals surface area contributed by atoms with Crippen LogP contribution >= 0.6 is 11.8 Å². The van der Waals surface area contributed by atoms with E-state index in [1.54, 1.807) is 0 Å². The number of nitrogens with one attached hydrogen (secondary N) is 4. The van der Waals surface area contributed by atoms with Crippen LogP contribution < -0.4 is 44.2 Å². The van der Waals surface area contributed by atoms with Crippen LogP contribution in [0.25, 0.3) is 0 Å². The second-order valence-electron chi connectivity index (χ2n) is 7.81. The van der Waals surface area contributed by atoms with Crippen molar-refractivity contribution in [3.8, 4) is 0 Å². The van der Waals surface area contributed by atoms with Crippen molar-refractivity contribution in [2.75, 3.05) is 24.7 Å². The lowest BCUT2D eigenvalue weighted by atomic mass is 10.0. The molecule has 0 aromatic rings. The fourth-order valence-electron chi connectivity index (χ4n) is 2.52. The summed E-state index contributed by atoms with van der Waals surface area (Å²) in [6.45, 7) is 0.591. The second-order valence-corrected chi connectivity index (χ2v) is 8.84. The molecule has 14 N–H and O–H groups in total. The second kappa shape index (κ2) is 15.8. The van der Waals surface area contributed by atoms with Crippen molar-refractivity contribution in [3.05, 3.63) is 0 Å². The van der Waals surface area contributed by atoms with Gasteiger partial charge in [0, 0.05) is 18.6 Å². The van der Waals surface area contributed by atoms with E-state index in [4.69, 9.17) is 33.1 Å². The number of carbonyl (C=O) groups excluding carboxylic acids is 4. The molecule has 0 heterocycles. The molecule has 0 saturated heterocycles. The summed E-state index contributed by atoms with van der Waals surface area (Å²) in [5.41, 5.74) is 20.8. The molecular formula is C18H34N8O8S. The molecule has 0 aliphatic heterocycles. The van der Waals surface area contributed by atoms with E-state index in [2.05, 4.69) is 21.3 Å². The third-order valence-electron chi connectivity index (χ3n) is 4.15. The maximum Gasteiger partial charge on any atom is 0.322 e. The van der Waals surface area contributed by atoms with Gasteiger partial charge in [0.25, 0.3) is 0 Å². The van der Waals surface area contributed by atoms with Crippen LogP contribution in [0.15, 0.2) is 0 Å². The Hall–Kier alpha value is -2.99. The number of hydrogen-bond donors (Lipinski definition) is 10. The summed E-state index contributed by atoms with van der Waals surface area (Å²) in [7, 11) is 0. The van der Waals surface area contributed by atoms with Gasteiger partial charge in [-0.05, 0) is 13.3 Å². The Labute approximate surface area is 205 Å². The van der Waals surface area contributed by atoms with Crippen LogP contribution in [0, 0.1) is 0 Å². The molecule has 0 aliphatic carbocycles. The molecule has 0 bridgehead atoms. The number of carboxylic acids is 2. The number of hydrogen-bond acceptors (Lipinski definition) is 11. The number of thioether (sulfide) groups is 1. The zero-order chi connectivity index (χ0) is 27.2. The molecule has 0 radical (unpaired) electrons. The summed E-state index contributed by atoms with van der Waals surface area (Å²) in [6.07, 6.45) is -0.576. The first-order chi connectivity index (χ1) is 16.2. The number of carbonyl (C=O) groups is 6. The maximum absolute atomic E-state index is 12.3. The number of rotatable bonds is 17. The summed E-state index contributed by atoms with van der Waals surface area (Å²) in [5.74, 6) is -5.67. The van der Waals surface area contributed by atoms with E-state index in [9.17, 15) is 28.8 Å². The number of nitrogens with two attached hydrogens (primary N) is 4. The predicted octanol–water partition coefficient (Wildman–Crippen LogP) is -4.86. The highest BCUT2D eigenvalue weighted by molar-refractivity contribution is 8.00. The molecular weight excluding hydrogens is 488 g/mol. The van der Waals surface area contributed by atoms with Crippen LogP contribution in [0.3, 0.4) is 0 Å². The predicted molar refractivity (Wildman–Crippen MR) is 125 cm³/mol. The lowest BCUT2D eigenvalue weighted by Crippen LogP contribution is -2.57. The Balaban J connectivity index is 5.01. The van der Waals surface area contributed by atoms with Crippen LogP contribution in [0.2, 0.25) is 0 Å². The number of carboxylic acid groups (broad SMARTS) is 2. The molecule has 0 aromatic carbocycles. The summed E-state index contributed by atoms with van der Waals surface area (Å²) in [5, 5.41) is 26.8. The van der Waals surface area contributed by atoms with Crippen molar-refractivity contribution in [1.29, 1.82) is 0 Å². The highest BCUT2D eigenvalue weighted by atomic mass is 32.2. The van der Waals surface area contributed by atoms with E-state index in [-0.39, 0.29) is 37.4 Å². The van der Waals surface area contributed by atoms with Gasteiger partial charge in [-0.15, -0.1) is 11.8 Å². The third-order valence-corrected chi connectivity index (χ3v) is 5.19. The molecule has 0 fully saturated rings. The Kier molecular flexibility index (Phi) is 14.5. The van der Waals surface area contributed by atoms with Crippen LogP contribution in [-0.4, -0.2) is 94.3 Å². The molecule has 3 atom stereocenters. The largest absolute Gasteiger partial charge is 0.480 e. The van der Waals surface area contributed by atoms with Gasteiger partial charge in [-0.1, -0.05) is 0 Å². The van der Waals surface area contributed by atoms with Gasteiger partial charge in [-0.25, -0.2) is 0 Å². The van der Waals surface area contributed by atoms with Crippen LogP contribution in [0.4, 0.5) is 0 Å². The van der Waals surface area contributed by atoms with Crippen molar-refractivity contribution in [2.45, 2.75) is 50.0 Å². The Bertz CT molecular complexity index is 776. The van der Waals surface area contributed by atoms with E-state index in [1.807, 2.05) is 0 Å². The van der Waals surface area contributed by atoms with Gasteiger partial charge in [-0.2, -0.15) is 0 Å². The summed E-state index contributed by atoms with van der Waals surface area (Å²) in [6, 6.07) is -3.57. The highest BCUT2D eigenvalue weighted by Gasteiger charge is 2.27. The zero-order valence-electron chi connectivity index (χ0n) is 19.2. The molecule has 17 heteroatoms. The van der Waals surface area contributed by atoms with Gasteiger partial charge in [0.1, 0.15) is 24.7 Å². The van der Waals surface area contributed by atoms with E-state index >= 15 is 0 Å². The first kappa shape index (κ1) is 32.0. The van der Waals surface area contributed by atoms with Crippen molar-refractivity contribution >= 4 is 47.3 Å². The molecule has 0 aromatic heterocycles. The fraction of sp³-hybridized carbons (Fsp3) is 0.667. The SMILES string of the molecule is CC(N)(N)CC(NC(=O)CSCC(NC(=O)CCC(N)C(=O)O)C(=O)NCC(=O)O)C(=O)NCN. The van der Waals surface area contributed by atoms with Gasteiger partial charge in [0.05, 0.1) is 18.1 Å². The Morgan fingerprint density at radius 1 is 0.943 bits per heavy atom. The normalized spacial score (nSPS) is 13.6. The van der Waals surface area contributed by atoms with Gasteiger partial charge in [0.15, 0.2) is 0 Å². The van der Waals surface area contributed by atoms with E-state index < -0.39 is 65.9 Å². The fourth-order valence-corrected chi connectivity index (χ4v) is 3.38. The summed E-state index contributed by atoms with van der Waals surface area (Å²) < 4.78 is 0. The zero-order valence-corrected chi connectivity index (χ0v) is 20.1. The van der Waals surface area contributed by atoms with Crippen LogP contribution in [0.5, 0.6) is 0 Å². The van der Waals surface area contributed by atoms with Crippen molar-refractivity contribution in [1.82, 2.24) is 21.3 Å². The minimum absolute atomic E-state index is 0.0933. The molecule has 3 unspecified atom stereocenters. The average molecular weight is 523 g/mol. The molecule has 0 aliphatic rings. The third kappa shape index (κ3) is 15.5. The first-order valence-corrected chi connectivity index (χ1v) is 11.5. The molecule has 0 rings (SSSR count). The van der Waals surface area contributed by atoms with Crippen LogP contribution in [0.1, 0.15) is 26.2 Å². The molecule has 0 saturated carbocycles. The minimum atomic E-state index is -1.31. The van der Waals surface area contributed by atoms with Crippen molar-refractivity contribution < 1.29 is 39.0 Å². The van der Waals surface area contributed by atoms with Gasteiger partial charge in [0.2, 0.25) is 23.6 Å². The van der Waals surface area contributed by atoms with Crippen molar-refractivity contribution in [3.63, 3.8) is 0 Å². The number of amides is 4. The van der Waals surface area contributed by atoms with Crippen LogP contribution in [-0.2, 0) is 28.8 Å². The number of aliphatic carboxylic acids is 2. The Morgan fingerprint density at radius 3 is 2.03 bits per heavy atom. The van der Waals surface area contributed by atoms with Gasteiger partial charge < -0.3 is 54.4 Å². The topological polar surface area (TPSA) is 295 Å². The lowest BCUT2D eigenvalue weighted by molar-refractivity contribution is -0.139. The molecule has 0 spiro atoms.